The molecule has 26 heavy (non-hydrogen) atoms. The summed E-state index contributed by atoms with van der Waals surface area (Å²) in [6, 6.07) is 20.9. The van der Waals surface area contributed by atoms with Crippen LogP contribution in [0.3, 0.4) is 0 Å². The average Bonchev–Trinajstić information content (AvgIpc) is 2.63. The maximum Gasteiger partial charge on any atom is 0.259 e. The molecule has 3 N–H and O–H groups in total. The standard InChI is InChI=1S/C21H21N3O2/c1-15-10-11-19(20(22)23-15)21(25)24-17-8-5-9-18(14-17)26-13-12-16-6-3-2-4-7-16/h2-11,14H,12-13H2,1H3,(H2,22,23)(H,24,25). The van der Waals surface area contributed by atoms with Gasteiger partial charge in [-0.2, -0.15) is 0 Å². The third-order valence-corrected chi connectivity index (χ3v) is 3.90. The van der Waals surface area contributed by atoms with Gasteiger partial charge in [0.2, 0.25) is 0 Å². The number of nitrogens with one attached hydrogen (secondary N) is 1. The van der Waals surface area contributed by atoms with Crippen LogP contribution in [0.2, 0.25) is 0 Å². The number of nitrogen functional groups attached to an aromatic ring is 1. The molecule has 1 aromatic heterocycles. The number of nitrogens with two attached hydrogens (primary N) is 1. The van der Waals surface area contributed by atoms with Crippen LogP contribution in [0.15, 0.2) is 66.7 Å². The topological polar surface area (TPSA) is 77.2 Å². The lowest BCUT2D eigenvalue weighted by Crippen LogP contribution is -2.15. The molecule has 0 aliphatic heterocycles. The highest BCUT2D eigenvalue weighted by Crippen LogP contribution is 2.19. The Labute approximate surface area is 152 Å². The molecule has 0 spiro atoms. The molecule has 0 bridgehead atoms. The molecule has 0 fully saturated rings. The molecular formula is C21H21N3O2. The number of carbonyl (C=O) groups is 1. The predicted octanol–water partition coefficient (Wildman–Crippen LogP) is 3.85. The first-order valence-corrected chi connectivity index (χ1v) is 8.43. The Balaban J connectivity index is 1.61. The number of hydrogen-bond donors (Lipinski definition) is 2. The van der Waals surface area contributed by atoms with Gasteiger partial charge in [-0.25, -0.2) is 4.98 Å². The van der Waals surface area contributed by atoms with Gasteiger partial charge in [0.15, 0.2) is 0 Å². The first kappa shape index (κ1) is 17.5. The van der Waals surface area contributed by atoms with Crippen LogP contribution in [0.25, 0.3) is 0 Å². The second kappa shape index (κ2) is 8.16. The van der Waals surface area contributed by atoms with E-state index in [1.807, 2.05) is 37.3 Å². The molecule has 0 unspecified atom stereocenters. The minimum atomic E-state index is -0.295. The summed E-state index contributed by atoms with van der Waals surface area (Å²) in [5.74, 6) is 0.628. The van der Waals surface area contributed by atoms with Crippen molar-refractivity contribution in [3.8, 4) is 5.75 Å². The average molecular weight is 347 g/mol. The molecule has 0 saturated carbocycles. The number of pyridine rings is 1. The van der Waals surface area contributed by atoms with Gasteiger partial charge in [0, 0.05) is 23.9 Å². The fourth-order valence-corrected chi connectivity index (χ4v) is 2.56. The lowest BCUT2D eigenvalue weighted by Gasteiger charge is -2.10. The Morgan fingerprint density at radius 3 is 2.65 bits per heavy atom. The molecule has 1 amide bonds. The first-order valence-electron chi connectivity index (χ1n) is 8.43. The van der Waals surface area contributed by atoms with Crippen LogP contribution in [0, 0.1) is 6.92 Å². The summed E-state index contributed by atoms with van der Waals surface area (Å²) in [5.41, 5.74) is 8.82. The van der Waals surface area contributed by atoms with Gasteiger partial charge in [0.25, 0.3) is 5.91 Å². The van der Waals surface area contributed by atoms with Crippen molar-refractivity contribution < 1.29 is 9.53 Å². The fraction of sp³-hybridized carbons (Fsp3) is 0.143. The van der Waals surface area contributed by atoms with E-state index in [0.717, 1.165) is 12.1 Å². The molecule has 3 aromatic rings. The molecular weight excluding hydrogens is 326 g/mol. The number of amides is 1. The van der Waals surface area contributed by atoms with Crippen molar-refractivity contribution in [3.05, 3.63) is 83.6 Å². The molecule has 2 aromatic carbocycles. The number of anilines is 2. The van der Waals surface area contributed by atoms with Gasteiger partial charge in [-0.15, -0.1) is 0 Å². The predicted molar refractivity (Wildman–Crippen MR) is 103 cm³/mol. The number of carbonyl (C=O) groups excluding carboxylic acids is 1. The van der Waals surface area contributed by atoms with Crippen molar-refractivity contribution in [1.29, 1.82) is 0 Å². The second-order valence-corrected chi connectivity index (χ2v) is 5.95. The summed E-state index contributed by atoms with van der Waals surface area (Å²) in [6.45, 7) is 2.39. The number of aryl methyl sites for hydroxylation is 1. The Hall–Kier alpha value is -3.34. The summed E-state index contributed by atoms with van der Waals surface area (Å²) < 4.78 is 5.79. The van der Waals surface area contributed by atoms with Gasteiger partial charge in [0.05, 0.1) is 12.2 Å². The van der Waals surface area contributed by atoms with Crippen LogP contribution in [-0.2, 0) is 6.42 Å². The van der Waals surface area contributed by atoms with E-state index in [1.54, 1.807) is 24.3 Å². The Morgan fingerprint density at radius 1 is 1.08 bits per heavy atom. The summed E-state index contributed by atoms with van der Waals surface area (Å²) in [7, 11) is 0. The lowest BCUT2D eigenvalue weighted by molar-refractivity contribution is 0.102. The fourth-order valence-electron chi connectivity index (χ4n) is 2.56. The Morgan fingerprint density at radius 2 is 1.88 bits per heavy atom. The van der Waals surface area contributed by atoms with E-state index in [4.69, 9.17) is 10.5 Å². The van der Waals surface area contributed by atoms with Crippen LogP contribution >= 0.6 is 0 Å². The maximum absolute atomic E-state index is 12.4. The van der Waals surface area contributed by atoms with Crippen molar-refractivity contribution in [2.45, 2.75) is 13.3 Å². The summed E-state index contributed by atoms with van der Waals surface area (Å²) in [5, 5.41) is 2.83. The van der Waals surface area contributed by atoms with Gasteiger partial charge in [-0.3, -0.25) is 4.79 Å². The number of aromatic nitrogens is 1. The molecule has 5 nitrogen and oxygen atoms in total. The molecule has 0 atom stereocenters. The van der Waals surface area contributed by atoms with E-state index in [-0.39, 0.29) is 11.7 Å². The molecule has 0 aliphatic rings. The molecule has 5 heteroatoms. The summed E-state index contributed by atoms with van der Waals surface area (Å²) >= 11 is 0. The molecule has 0 aliphatic carbocycles. The van der Waals surface area contributed by atoms with Gasteiger partial charge >= 0.3 is 0 Å². The van der Waals surface area contributed by atoms with Crippen molar-refractivity contribution >= 4 is 17.4 Å². The van der Waals surface area contributed by atoms with Crippen LogP contribution in [-0.4, -0.2) is 17.5 Å². The van der Waals surface area contributed by atoms with E-state index in [0.29, 0.717) is 23.6 Å². The highest BCUT2D eigenvalue weighted by Gasteiger charge is 2.11. The third kappa shape index (κ3) is 4.60. The molecule has 3 rings (SSSR count). The third-order valence-electron chi connectivity index (χ3n) is 3.90. The Bertz CT molecular complexity index is 895. The summed E-state index contributed by atoms with van der Waals surface area (Å²) in [6.07, 6.45) is 0.822. The van der Waals surface area contributed by atoms with Crippen molar-refractivity contribution in [3.63, 3.8) is 0 Å². The lowest BCUT2D eigenvalue weighted by atomic mass is 10.2. The summed E-state index contributed by atoms with van der Waals surface area (Å²) in [4.78, 5) is 16.5. The van der Waals surface area contributed by atoms with E-state index >= 15 is 0 Å². The smallest absolute Gasteiger partial charge is 0.259 e. The highest BCUT2D eigenvalue weighted by atomic mass is 16.5. The van der Waals surface area contributed by atoms with Gasteiger partial charge in [-0.1, -0.05) is 36.4 Å². The second-order valence-electron chi connectivity index (χ2n) is 5.95. The number of ether oxygens (including phenoxy) is 1. The minimum absolute atomic E-state index is 0.220. The van der Waals surface area contributed by atoms with E-state index < -0.39 is 0 Å². The number of nitrogens with zero attached hydrogens (tertiary/aromatic N) is 1. The van der Waals surface area contributed by atoms with E-state index in [1.165, 1.54) is 5.56 Å². The van der Waals surface area contributed by atoms with Gasteiger partial charge in [-0.05, 0) is 36.8 Å². The minimum Gasteiger partial charge on any atom is -0.493 e. The normalized spacial score (nSPS) is 10.3. The Kier molecular flexibility index (Phi) is 5.49. The van der Waals surface area contributed by atoms with Crippen LogP contribution < -0.4 is 15.8 Å². The molecule has 132 valence electrons. The largest absolute Gasteiger partial charge is 0.493 e. The zero-order valence-electron chi connectivity index (χ0n) is 14.6. The van der Waals surface area contributed by atoms with Crippen molar-refractivity contribution in [2.24, 2.45) is 0 Å². The zero-order chi connectivity index (χ0) is 18.4. The monoisotopic (exact) mass is 347 g/mol. The molecule has 1 heterocycles. The van der Waals surface area contributed by atoms with Crippen LogP contribution in [0.5, 0.6) is 5.75 Å². The quantitative estimate of drug-likeness (QED) is 0.710. The SMILES string of the molecule is Cc1ccc(C(=O)Nc2cccc(OCCc3ccccc3)c2)c(N)n1. The van der Waals surface area contributed by atoms with Crippen LogP contribution in [0.4, 0.5) is 11.5 Å². The van der Waals surface area contributed by atoms with Crippen molar-refractivity contribution in [1.82, 2.24) is 4.98 Å². The number of rotatable bonds is 6. The van der Waals surface area contributed by atoms with Gasteiger partial charge in [0.1, 0.15) is 11.6 Å². The first-order chi connectivity index (χ1) is 12.6. The zero-order valence-corrected chi connectivity index (χ0v) is 14.6. The van der Waals surface area contributed by atoms with Crippen LogP contribution in [0.1, 0.15) is 21.6 Å². The highest BCUT2D eigenvalue weighted by molar-refractivity contribution is 6.07. The number of benzene rings is 2. The number of hydrogen-bond acceptors (Lipinski definition) is 4. The molecule has 0 saturated heterocycles. The van der Waals surface area contributed by atoms with E-state index in [9.17, 15) is 4.79 Å². The maximum atomic E-state index is 12.4. The van der Waals surface area contributed by atoms with E-state index in [2.05, 4.69) is 22.4 Å². The van der Waals surface area contributed by atoms with Crippen molar-refractivity contribution in [2.75, 3.05) is 17.7 Å². The molecule has 0 radical (unpaired) electrons. The van der Waals surface area contributed by atoms with Gasteiger partial charge < -0.3 is 15.8 Å².